The number of nitrogens with zero attached hydrogens (tertiary/aromatic N) is 1. The molecule has 0 aromatic rings. The van der Waals surface area contributed by atoms with E-state index in [-0.39, 0.29) is 5.91 Å². The molecule has 3 nitrogen and oxygen atoms in total. The van der Waals surface area contributed by atoms with Crippen LogP contribution in [-0.2, 0) is 4.79 Å². The molecule has 1 atom stereocenters. The Labute approximate surface area is 79.8 Å². The van der Waals surface area contributed by atoms with E-state index in [1.165, 1.54) is 12.8 Å². The molecule has 0 saturated carbocycles. The van der Waals surface area contributed by atoms with Crippen molar-refractivity contribution >= 4 is 5.91 Å². The Morgan fingerprint density at radius 2 is 2.38 bits per heavy atom. The fourth-order valence-corrected chi connectivity index (χ4v) is 1.63. The van der Waals surface area contributed by atoms with Gasteiger partial charge in [0.1, 0.15) is 0 Å². The van der Waals surface area contributed by atoms with Crippen LogP contribution in [0.1, 0.15) is 33.1 Å². The molecule has 1 unspecified atom stereocenters. The zero-order chi connectivity index (χ0) is 9.84. The van der Waals surface area contributed by atoms with Crippen LogP contribution >= 0.6 is 0 Å². The summed E-state index contributed by atoms with van der Waals surface area (Å²) >= 11 is 0. The maximum atomic E-state index is 11.3. The van der Waals surface area contributed by atoms with Gasteiger partial charge in [-0.2, -0.15) is 0 Å². The number of hydrazine groups is 1. The summed E-state index contributed by atoms with van der Waals surface area (Å²) in [7, 11) is 0. The van der Waals surface area contributed by atoms with Gasteiger partial charge >= 0.3 is 0 Å². The van der Waals surface area contributed by atoms with Crippen LogP contribution in [0.15, 0.2) is 12.2 Å². The Morgan fingerprint density at radius 1 is 1.69 bits per heavy atom. The van der Waals surface area contributed by atoms with Crippen molar-refractivity contribution in [1.82, 2.24) is 10.4 Å². The van der Waals surface area contributed by atoms with Crippen molar-refractivity contribution in [2.75, 3.05) is 6.54 Å². The van der Waals surface area contributed by atoms with E-state index in [4.69, 9.17) is 0 Å². The van der Waals surface area contributed by atoms with E-state index < -0.39 is 0 Å². The van der Waals surface area contributed by atoms with E-state index in [1.807, 2.05) is 5.01 Å². The molecule has 1 heterocycles. The van der Waals surface area contributed by atoms with Crippen LogP contribution in [0.4, 0.5) is 0 Å². The van der Waals surface area contributed by atoms with Gasteiger partial charge in [0.2, 0.25) is 0 Å². The summed E-state index contributed by atoms with van der Waals surface area (Å²) in [6.07, 6.45) is 3.46. The van der Waals surface area contributed by atoms with Crippen LogP contribution in [0.3, 0.4) is 0 Å². The number of nitrogens with one attached hydrogen (secondary N) is 1. The van der Waals surface area contributed by atoms with E-state index in [1.54, 1.807) is 6.92 Å². The van der Waals surface area contributed by atoms with Crippen LogP contribution in [0, 0.1) is 0 Å². The summed E-state index contributed by atoms with van der Waals surface area (Å²) in [5, 5.41) is 2.04. The molecule has 0 aromatic carbocycles. The van der Waals surface area contributed by atoms with E-state index in [0.29, 0.717) is 11.6 Å². The Morgan fingerprint density at radius 3 is 2.92 bits per heavy atom. The lowest BCUT2D eigenvalue weighted by molar-refractivity contribution is -0.122. The minimum atomic E-state index is -0.0552. The average Bonchev–Trinajstić information content (AvgIpc) is 2.51. The van der Waals surface area contributed by atoms with Crippen molar-refractivity contribution in [3.05, 3.63) is 12.2 Å². The SMILES string of the molecule is C=C(C)C(=O)NN1CCCC1CC. The van der Waals surface area contributed by atoms with Crippen LogP contribution in [-0.4, -0.2) is 23.5 Å². The third-order valence-corrected chi connectivity index (χ3v) is 2.48. The first-order chi connectivity index (χ1) is 6.15. The van der Waals surface area contributed by atoms with Gasteiger partial charge in [0.15, 0.2) is 0 Å². The number of amides is 1. The summed E-state index contributed by atoms with van der Waals surface area (Å²) in [6.45, 7) is 8.46. The van der Waals surface area contributed by atoms with Crippen LogP contribution < -0.4 is 5.43 Å². The maximum absolute atomic E-state index is 11.3. The van der Waals surface area contributed by atoms with Crippen molar-refractivity contribution in [3.63, 3.8) is 0 Å². The van der Waals surface area contributed by atoms with E-state index in [9.17, 15) is 4.79 Å². The quantitative estimate of drug-likeness (QED) is 0.670. The summed E-state index contributed by atoms with van der Waals surface area (Å²) in [5.41, 5.74) is 3.45. The number of rotatable bonds is 3. The highest BCUT2D eigenvalue weighted by Gasteiger charge is 2.23. The molecule has 1 aliphatic rings. The lowest BCUT2D eigenvalue weighted by Gasteiger charge is -2.23. The van der Waals surface area contributed by atoms with Gasteiger partial charge in [0.25, 0.3) is 5.91 Å². The van der Waals surface area contributed by atoms with Crippen molar-refractivity contribution in [2.24, 2.45) is 0 Å². The first-order valence-corrected chi connectivity index (χ1v) is 4.88. The molecule has 1 aliphatic heterocycles. The summed E-state index contributed by atoms with van der Waals surface area (Å²) in [5.74, 6) is -0.0552. The Balaban J connectivity index is 2.44. The monoisotopic (exact) mass is 182 g/mol. The molecule has 0 aliphatic carbocycles. The highest BCUT2D eigenvalue weighted by atomic mass is 16.2. The number of carbonyl (C=O) groups excluding carboxylic acids is 1. The van der Waals surface area contributed by atoms with Crippen molar-refractivity contribution in [2.45, 2.75) is 39.2 Å². The van der Waals surface area contributed by atoms with E-state index >= 15 is 0 Å². The molecule has 1 saturated heterocycles. The minimum absolute atomic E-state index is 0.0552. The standard InChI is InChI=1S/C10H18N2O/c1-4-9-6-5-7-12(9)11-10(13)8(2)3/h9H,2,4-7H2,1,3H3,(H,11,13). The molecular formula is C10H18N2O. The first kappa shape index (κ1) is 10.3. The van der Waals surface area contributed by atoms with E-state index in [2.05, 4.69) is 18.9 Å². The summed E-state index contributed by atoms with van der Waals surface area (Å²) < 4.78 is 0. The lowest BCUT2D eigenvalue weighted by atomic mass is 10.2. The third-order valence-electron chi connectivity index (χ3n) is 2.48. The van der Waals surface area contributed by atoms with Crippen molar-refractivity contribution < 1.29 is 4.79 Å². The van der Waals surface area contributed by atoms with Gasteiger partial charge in [-0.1, -0.05) is 13.5 Å². The molecule has 13 heavy (non-hydrogen) atoms. The second kappa shape index (κ2) is 4.42. The Kier molecular flexibility index (Phi) is 3.48. The fourth-order valence-electron chi connectivity index (χ4n) is 1.63. The second-order valence-corrected chi connectivity index (χ2v) is 3.62. The molecule has 1 fully saturated rings. The minimum Gasteiger partial charge on any atom is -0.285 e. The number of hydrogen-bond acceptors (Lipinski definition) is 2. The summed E-state index contributed by atoms with van der Waals surface area (Å²) in [4.78, 5) is 11.3. The topological polar surface area (TPSA) is 32.3 Å². The molecule has 1 rings (SSSR count). The predicted octanol–water partition coefficient (Wildman–Crippen LogP) is 1.47. The molecule has 3 heteroatoms. The van der Waals surface area contributed by atoms with Gasteiger partial charge in [-0.05, 0) is 26.2 Å². The van der Waals surface area contributed by atoms with Gasteiger partial charge < -0.3 is 0 Å². The molecular weight excluding hydrogens is 164 g/mol. The first-order valence-electron chi connectivity index (χ1n) is 4.88. The van der Waals surface area contributed by atoms with Gasteiger partial charge in [-0.15, -0.1) is 0 Å². The molecule has 0 bridgehead atoms. The highest BCUT2D eigenvalue weighted by molar-refractivity contribution is 5.91. The Hall–Kier alpha value is -0.830. The average molecular weight is 182 g/mol. The lowest BCUT2D eigenvalue weighted by Crippen LogP contribution is -2.45. The summed E-state index contributed by atoms with van der Waals surface area (Å²) in [6, 6.07) is 0.517. The van der Waals surface area contributed by atoms with Gasteiger partial charge in [-0.25, -0.2) is 5.01 Å². The smallest absolute Gasteiger partial charge is 0.260 e. The van der Waals surface area contributed by atoms with E-state index in [0.717, 1.165) is 13.0 Å². The van der Waals surface area contributed by atoms with Crippen molar-refractivity contribution in [3.8, 4) is 0 Å². The Bertz CT molecular complexity index is 213. The normalized spacial score (nSPS) is 23.1. The molecule has 1 amide bonds. The van der Waals surface area contributed by atoms with Crippen LogP contribution in [0.5, 0.6) is 0 Å². The molecule has 0 aromatic heterocycles. The molecule has 0 spiro atoms. The fraction of sp³-hybridized carbons (Fsp3) is 0.700. The van der Waals surface area contributed by atoms with Crippen LogP contribution in [0.2, 0.25) is 0 Å². The van der Waals surface area contributed by atoms with Gasteiger partial charge in [0, 0.05) is 18.2 Å². The molecule has 74 valence electrons. The predicted molar refractivity (Wildman–Crippen MR) is 53.0 cm³/mol. The third kappa shape index (κ3) is 2.56. The highest BCUT2D eigenvalue weighted by Crippen LogP contribution is 2.17. The zero-order valence-electron chi connectivity index (χ0n) is 8.47. The zero-order valence-corrected chi connectivity index (χ0v) is 8.47. The number of hydrogen-bond donors (Lipinski definition) is 1. The molecule has 1 N–H and O–H groups in total. The van der Waals surface area contributed by atoms with Gasteiger partial charge in [-0.3, -0.25) is 10.2 Å². The van der Waals surface area contributed by atoms with Crippen LogP contribution in [0.25, 0.3) is 0 Å². The second-order valence-electron chi connectivity index (χ2n) is 3.62. The number of carbonyl (C=O) groups is 1. The largest absolute Gasteiger partial charge is 0.285 e. The maximum Gasteiger partial charge on any atom is 0.260 e. The van der Waals surface area contributed by atoms with Gasteiger partial charge in [0.05, 0.1) is 0 Å². The van der Waals surface area contributed by atoms with Crippen molar-refractivity contribution in [1.29, 1.82) is 0 Å². The molecule has 0 radical (unpaired) electrons.